The second kappa shape index (κ2) is 11.5. The molecule has 2 aromatic carbocycles. The molecule has 0 spiro atoms. The number of carbonyl (C=O) groups excluding carboxylic acids is 1. The van der Waals surface area contributed by atoms with Gasteiger partial charge in [0.15, 0.2) is 0 Å². The van der Waals surface area contributed by atoms with Crippen molar-refractivity contribution >= 4 is 33.1 Å². The number of sulfone groups is 1. The highest BCUT2D eigenvalue weighted by atomic mass is 35.5. The number of nitrogens with zero attached hydrogens (tertiary/aromatic N) is 2. The highest BCUT2D eigenvalue weighted by Gasteiger charge is 2.21. The number of pyridine rings is 1. The maximum Gasteiger partial charge on any atom is 0.251 e. The van der Waals surface area contributed by atoms with E-state index in [2.05, 4.69) is 10.5 Å². The van der Waals surface area contributed by atoms with Crippen LogP contribution in [0.25, 0.3) is 0 Å². The lowest BCUT2D eigenvalue weighted by atomic mass is 9.83. The maximum atomic E-state index is 12.4. The first-order chi connectivity index (χ1) is 17.0. The normalized spacial score (nSPS) is 12.8. The van der Waals surface area contributed by atoms with Crippen LogP contribution in [0.15, 0.2) is 70.7 Å². The summed E-state index contributed by atoms with van der Waals surface area (Å²) in [5.41, 5.74) is 4.02. The number of hydrogen-bond acceptors (Lipinski definition) is 6. The van der Waals surface area contributed by atoms with Gasteiger partial charge in [-0.05, 0) is 53.9 Å². The molecule has 0 aliphatic heterocycles. The molecule has 0 fully saturated rings. The molecule has 0 bridgehead atoms. The quantitative estimate of drug-likeness (QED) is 0.250. The first kappa shape index (κ1) is 27.2. The molecule has 10 heteroatoms. The van der Waals surface area contributed by atoms with Crippen LogP contribution in [0.4, 0.5) is 0 Å². The second-order valence-corrected chi connectivity index (χ2v) is 11.4. The van der Waals surface area contributed by atoms with E-state index in [1.807, 2.05) is 31.2 Å². The number of amides is 1. The van der Waals surface area contributed by atoms with Crippen LogP contribution in [-0.4, -0.2) is 48.4 Å². The van der Waals surface area contributed by atoms with Gasteiger partial charge in [0.05, 0.1) is 11.5 Å². The van der Waals surface area contributed by atoms with Gasteiger partial charge in [-0.3, -0.25) is 9.59 Å². The molecule has 0 aliphatic carbocycles. The number of carbonyl (C=O) groups is 1. The van der Waals surface area contributed by atoms with Crippen LogP contribution in [0.1, 0.15) is 45.0 Å². The lowest BCUT2D eigenvalue weighted by Crippen LogP contribution is -2.28. The maximum absolute atomic E-state index is 12.4. The Hall–Kier alpha value is -3.43. The predicted molar refractivity (Wildman–Crippen MR) is 141 cm³/mol. The zero-order valence-electron chi connectivity index (χ0n) is 20.2. The Labute approximate surface area is 215 Å². The van der Waals surface area contributed by atoms with E-state index in [-0.39, 0.29) is 29.7 Å². The number of aryl methyl sites for hydroxylation is 2. The van der Waals surface area contributed by atoms with E-state index >= 15 is 0 Å². The molecule has 1 heterocycles. The molecule has 1 unspecified atom stereocenters. The highest BCUT2D eigenvalue weighted by molar-refractivity contribution is 7.90. The molecule has 190 valence electrons. The van der Waals surface area contributed by atoms with Crippen molar-refractivity contribution in [1.82, 2.24) is 9.88 Å². The highest BCUT2D eigenvalue weighted by Crippen LogP contribution is 2.33. The van der Waals surface area contributed by atoms with Crippen molar-refractivity contribution in [2.24, 2.45) is 12.2 Å². The molecule has 1 atom stereocenters. The van der Waals surface area contributed by atoms with Crippen LogP contribution in [0, 0.1) is 6.92 Å². The van der Waals surface area contributed by atoms with E-state index in [9.17, 15) is 23.2 Å². The van der Waals surface area contributed by atoms with Crippen molar-refractivity contribution < 1.29 is 18.4 Å². The fourth-order valence-electron chi connectivity index (χ4n) is 3.93. The molecule has 0 aliphatic rings. The summed E-state index contributed by atoms with van der Waals surface area (Å²) in [4.78, 5) is 24.3. The monoisotopic (exact) mass is 529 g/mol. The summed E-state index contributed by atoms with van der Waals surface area (Å²) in [6.45, 7) is 1.97. The minimum Gasteiger partial charge on any atom is -0.411 e. The third-order valence-corrected chi connectivity index (χ3v) is 7.06. The largest absolute Gasteiger partial charge is 0.411 e. The third kappa shape index (κ3) is 7.05. The molecule has 0 saturated carbocycles. The van der Waals surface area contributed by atoms with E-state index in [4.69, 9.17) is 11.6 Å². The van der Waals surface area contributed by atoms with Gasteiger partial charge in [0, 0.05) is 60.6 Å². The summed E-state index contributed by atoms with van der Waals surface area (Å²) < 4.78 is 24.0. The van der Waals surface area contributed by atoms with Crippen LogP contribution < -0.4 is 10.9 Å². The smallest absolute Gasteiger partial charge is 0.251 e. The molecular formula is C26H28ClN3O5S. The van der Waals surface area contributed by atoms with Gasteiger partial charge in [0.1, 0.15) is 9.84 Å². The summed E-state index contributed by atoms with van der Waals surface area (Å²) in [5, 5.41) is 16.6. The average molecular weight is 530 g/mol. The minimum atomic E-state index is -3.17. The Kier molecular flexibility index (Phi) is 8.70. The summed E-state index contributed by atoms with van der Waals surface area (Å²) >= 11 is 6.18. The van der Waals surface area contributed by atoms with Gasteiger partial charge in [-0.15, -0.1) is 0 Å². The number of oxime groups is 1. The van der Waals surface area contributed by atoms with E-state index in [1.54, 1.807) is 37.5 Å². The van der Waals surface area contributed by atoms with Crippen molar-refractivity contribution in [3.8, 4) is 0 Å². The number of hydrogen-bond donors (Lipinski definition) is 2. The molecule has 0 radical (unpaired) electrons. The number of aromatic nitrogens is 1. The molecular weight excluding hydrogens is 502 g/mol. The fourth-order valence-corrected chi connectivity index (χ4v) is 4.63. The van der Waals surface area contributed by atoms with Crippen LogP contribution in [0.2, 0.25) is 5.02 Å². The van der Waals surface area contributed by atoms with E-state index in [0.29, 0.717) is 28.3 Å². The summed E-state index contributed by atoms with van der Waals surface area (Å²) in [6.07, 6.45) is 3.05. The Balaban J connectivity index is 1.93. The lowest BCUT2D eigenvalue weighted by molar-refractivity contribution is 0.0956. The van der Waals surface area contributed by atoms with Gasteiger partial charge < -0.3 is 15.1 Å². The Bertz CT molecular complexity index is 1450. The van der Waals surface area contributed by atoms with E-state index < -0.39 is 9.84 Å². The molecule has 1 amide bonds. The number of rotatable bonds is 9. The number of halogens is 1. The third-order valence-electron chi connectivity index (χ3n) is 5.88. The van der Waals surface area contributed by atoms with Gasteiger partial charge in [0.2, 0.25) is 5.56 Å². The van der Waals surface area contributed by atoms with Gasteiger partial charge >= 0.3 is 0 Å². The average Bonchev–Trinajstić information content (AvgIpc) is 2.82. The van der Waals surface area contributed by atoms with Crippen LogP contribution in [-0.2, 0) is 16.9 Å². The van der Waals surface area contributed by atoms with Crippen molar-refractivity contribution in [3.05, 3.63) is 104 Å². The Morgan fingerprint density at radius 1 is 1.11 bits per heavy atom. The van der Waals surface area contributed by atoms with Crippen LogP contribution >= 0.6 is 11.6 Å². The van der Waals surface area contributed by atoms with Gasteiger partial charge in [0.25, 0.3) is 5.91 Å². The summed E-state index contributed by atoms with van der Waals surface area (Å²) in [7, 11) is -1.55. The number of nitrogens with one attached hydrogen (secondary N) is 1. The minimum absolute atomic E-state index is 0.0297. The molecule has 1 aromatic heterocycles. The molecule has 3 rings (SSSR count). The van der Waals surface area contributed by atoms with Crippen molar-refractivity contribution in [2.45, 2.75) is 19.3 Å². The van der Waals surface area contributed by atoms with E-state index in [1.165, 1.54) is 10.6 Å². The Morgan fingerprint density at radius 3 is 2.36 bits per heavy atom. The zero-order chi connectivity index (χ0) is 26.5. The van der Waals surface area contributed by atoms with Crippen molar-refractivity contribution in [1.29, 1.82) is 0 Å². The van der Waals surface area contributed by atoms with Crippen LogP contribution in [0.3, 0.4) is 0 Å². The lowest BCUT2D eigenvalue weighted by Gasteiger charge is -2.21. The molecule has 0 saturated heterocycles. The van der Waals surface area contributed by atoms with Gasteiger partial charge in [-0.1, -0.05) is 35.0 Å². The van der Waals surface area contributed by atoms with Gasteiger partial charge in [-0.25, -0.2) is 8.42 Å². The fraction of sp³-hybridized carbons (Fsp3) is 0.269. The predicted octanol–water partition coefficient (Wildman–Crippen LogP) is 3.52. The molecule has 8 nitrogen and oxygen atoms in total. The molecule has 3 aromatic rings. The number of benzene rings is 2. The topological polar surface area (TPSA) is 118 Å². The standard InChI is InChI=1S/C26H28ClN3O5S/c1-17-14-21(27)9-10-22(17)23(15-24(29-33)20-8-11-25(31)30(2)16-20)18-4-6-19(7-5-18)26(32)28-12-13-36(3,34)35/h4-11,14,16,23,33H,12-13,15H2,1-3H3,(H,28,32)/b29-24-. The molecule has 2 N–H and O–H groups in total. The second-order valence-electron chi connectivity index (χ2n) is 8.68. The summed E-state index contributed by atoms with van der Waals surface area (Å²) in [6, 6.07) is 15.6. The first-order valence-corrected chi connectivity index (χ1v) is 13.6. The van der Waals surface area contributed by atoms with Crippen molar-refractivity contribution in [2.75, 3.05) is 18.6 Å². The van der Waals surface area contributed by atoms with E-state index in [0.717, 1.165) is 22.9 Å². The van der Waals surface area contributed by atoms with Crippen LogP contribution in [0.5, 0.6) is 0 Å². The Morgan fingerprint density at radius 2 is 1.78 bits per heavy atom. The molecule has 36 heavy (non-hydrogen) atoms. The summed E-state index contributed by atoms with van der Waals surface area (Å²) in [5.74, 6) is -0.747. The zero-order valence-corrected chi connectivity index (χ0v) is 21.8. The van der Waals surface area contributed by atoms with Crippen molar-refractivity contribution in [3.63, 3.8) is 0 Å². The van der Waals surface area contributed by atoms with Gasteiger partial charge in [-0.2, -0.15) is 0 Å². The SMILES string of the molecule is Cc1cc(Cl)ccc1C(C/C(=N/O)c1ccc(=O)n(C)c1)c1ccc(C(=O)NCCS(C)(=O)=O)cc1. The first-order valence-electron chi connectivity index (χ1n) is 11.2.